The first kappa shape index (κ1) is 14.4. The van der Waals surface area contributed by atoms with Gasteiger partial charge in [-0.3, -0.25) is 9.69 Å². The van der Waals surface area contributed by atoms with E-state index in [0.717, 1.165) is 60.8 Å². The van der Waals surface area contributed by atoms with Crippen LogP contribution in [0.5, 0.6) is 5.75 Å². The van der Waals surface area contributed by atoms with E-state index in [-0.39, 0.29) is 5.91 Å². The molecule has 1 amide bonds. The quantitative estimate of drug-likeness (QED) is 0.844. The molecule has 21 heavy (non-hydrogen) atoms. The van der Waals surface area contributed by atoms with Gasteiger partial charge in [0.05, 0.1) is 32.4 Å². The van der Waals surface area contributed by atoms with Crippen LogP contribution in [0.25, 0.3) is 0 Å². The van der Waals surface area contributed by atoms with Crippen molar-refractivity contribution in [3.8, 4) is 5.75 Å². The number of hydrogen-bond donors (Lipinski definition) is 1. The largest absolute Gasteiger partial charge is 0.495 e. The number of aryl methyl sites for hydroxylation is 1. The minimum atomic E-state index is 0.0919. The fourth-order valence-electron chi connectivity index (χ4n) is 3.38. The van der Waals surface area contributed by atoms with Crippen LogP contribution in [0.4, 0.5) is 5.69 Å². The number of carbonyl (C=O) groups excluding carboxylic acids is 1. The van der Waals surface area contributed by atoms with Crippen molar-refractivity contribution in [3.05, 3.63) is 23.8 Å². The molecule has 3 heterocycles. The third-order valence-corrected chi connectivity index (χ3v) is 4.78. The molecule has 0 atom stereocenters. The van der Waals surface area contributed by atoms with E-state index in [4.69, 9.17) is 4.74 Å². The number of benzene rings is 1. The van der Waals surface area contributed by atoms with Gasteiger partial charge in [0.15, 0.2) is 6.54 Å². The van der Waals surface area contributed by atoms with E-state index in [9.17, 15) is 4.79 Å². The van der Waals surface area contributed by atoms with Gasteiger partial charge in [-0.25, -0.2) is 0 Å². The van der Waals surface area contributed by atoms with Crippen LogP contribution in [-0.4, -0.2) is 68.2 Å². The molecular formula is C16H24N3O2+. The summed E-state index contributed by atoms with van der Waals surface area (Å²) in [6.07, 6.45) is 0. The first-order valence-corrected chi connectivity index (χ1v) is 7.62. The summed E-state index contributed by atoms with van der Waals surface area (Å²) in [5, 5.41) is 3.03. The highest BCUT2D eigenvalue weighted by atomic mass is 16.5. The molecule has 0 spiro atoms. The monoisotopic (exact) mass is 290 g/mol. The Kier molecular flexibility index (Phi) is 3.87. The van der Waals surface area contributed by atoms with Gasteiger partial charge in [0.25, 0.3) is 5.91 Å². The first-order valence-electron chi connectivity index (χ1n) is 7.62. The minimum Gasteiger partial charge on any atom is -0.495 e. The molecule has 0 aliphatic carbocycles. The maximum absolute atomic E-state index is 12.4. The highest BCUT2D eigenvalue weighted by molar-refractivity contribution is 5.93. The highest BCUT2D eigenvalue weighted by Crippen LogP contribution is 2.26. The number of ether oxygens (including phenoxy) is 1. The van der Waals surface area contributed by atoms with E-state index < -0.39 is 0 Å². The molecule has 5 heteroatoms. The molecular weight excluding hydrogens is 266 g/mol. The molecule has 5 nitrogen and oxygen atoms in total. The molecule has 3 aliphatic rings. The fourth-order valence-corrected chi connectivity index (χ4v) is 3.38. The average molecular weight is 290 g/mol. The van der Waals surface area contributed by atoms with Crippen LogP contribution in [0.15, 0.2) is 18.2 Å². The Hall–Kier alpha value is -1.59. The molecule has 3 saturated heterocycles. The summed E-state index contributed by atoms with van der Waals surface area (Å²) in [4.78, 5) is 14.9. The number of quaternary nitrogens is 1. The van der Waals surface area contributed by atoms with Crippen LogP contribution in [-0.2, 0) is 4.79 Å². The Morgan fingerprint density at radius 2 is 1.95 bits per heavy atom. The molecule has 3 aliphatic heterocycles. The molecule has 4 rings (SSSR count). The van der Waals surface area contributed by atoms with Crippen LogP contribution in [0, 0.1) is 6.92 Å². The van der Waals surface area contributed by atoms with Crippen molar-refractivity contribution < 1.29 is 14.0 Å². The summed E-state index contributed by atoms with van der Waals surface area (Å²) in [5.41, 5.74) is 1.89. The van der Waals surface area contributed by atoms with E-state index in [1.807, 2.05) is 25.1 Å². The zero-order valence-corrected chi connectivity index (χ0v) is 12.9. The van der Waals surface area contributed by atoms with Crippen LogP contribution in [0.2, 0.25) is 0 Å². The maximum atomic E-state index is 12.4. The minimum absolute atomic E-state index is 0.0919. The van der Waals surface area contributed by atoms with Crippen LogP contribution >= 0.6 is 0 Å². The van der Waals surface area contributed by atoms with E-state index in [0.29, 0.717) is 6.54 Å². The van der Waals surface area contributed by atoms with Crippen molar-refractivity contribution >= 4 is 11.6 Å². The number of fused-ring (bicyclic) bond motifs is 3. The second kappa shape index (κ2) is 5.66. The Balaban J connectivity index is 1.68. The summed E-state index contributed by atoms with van der Waals surface area (Å²) < 4.78 is 6.26. The van der Waals surface area contributed by atoms with Crippen molar-refractivity contribution in [1.82, 2.24) is 4.90 Å². The molecule has 1 aromatic rings. The lowest BCUT2D eigenvalue weighted by atomic mass is 10.1. The zero-order valence-electron chi connectivity index (χ0n) is 12.9. The van der Waals surface area contributed by atoms with Crippen molar-refractivity contribution in [1.29, 1.82) is 0 Å². The molecule has 1 aromatic carbocycles. The SMILES string of the molecule is COc1ccc(C)cc1NC(=O)C[N+]12CCN(CC1)CC2. The number of hydrogen-bond acceptors (Lipinski definition) is 3. The number of carbonyl (C=O) groups is 1. The lowest BCUT2D eigenvalue weighted by molar-refractivity contribution is -0.933. The van der Waals surface area contributed by atoms with Gasteiger partial charge in [0.2, 0.25) is 0 Å². The lowest BCUT2D eigenvalue weighted by Gasteiger charge is -2.50. The normalized spacial score (nSPS) is 27.4. The Morgan fingerprint density at radius 1 is 1.29 bits per heavy atom. The van der Waals surface area contributed by atoms with Crippen molar-refractivity contribution in [2.75, 3.05) is 58.2 Å². The van der Waals surface area contributed by atoms with Crippen LogP contribution in [0.1, 0.15) is 5.56 Å². The summed E-state index contributed by atoms with van der Waals surface area (Å²) in [5.74, 6) is 0.812. The number of nitrogens with zero attached hydrogens (tertiary/aromatic N) is 2. The number of piperazine rings is 3. The number of methoxy groups -OCH3 is 1. The van der Waals surface area contributed by atoms with Gasteiger partial charge in [-0.1, -0.05) is 6.07 Å². The van der Waals surface area contributed by atoms with Gasteiger partial charge in [-0.05, 0) is 24.6 Å². The molecule has 0 saturated carbocycles. The predicted octanol–water partition coefficient (Wildman–Crippen LogP) is 1.09. The van der Waals surface area contributed by atoms with Crippen molar-refractivity contribution in [2.45, 2.75) is 6.92 Å². The lowest BCUT2D eigenvalue weighted by Crippen LogP contribution is -2.68. The Bertz CT molecular complexity index is 523. The Morgan fingerprint density at radius 3 is 2.57 bits per heavy atom. The van der Waals surface area contributed by atoms with Crippen molar-refractivity contribution in [2.24, 2.45) is 0 Å². The molecule has 0 unspecified atom stereocenters. The van der Waals surface area contributed by atoms with Gasteiger partial charge in [-0.15, -0.1) is 0 Å². The number of nitrogens with one attached hydrogen (secondary N) is 1. The van der Waals surface area contributed by atoms with Gasteiger partial charge in [0, 0.05) is 19.6 Å². The van der Waals surface area contributed by atoms with E-state index in [2.05, 4.69) is 10.2 Å². The van der Waals surface area contributed by atoms with Crippen LogP contribution < -0.4 is 10.1 Å². The molecule has 1 N–H and O–H groups in total. The highest BCUT2D eigenvalue weighted by Gasteiger charge is 2.39. The smallest absolute Gasteiger partial charge is 0.279 e. The first-order chi connectivity index (χ1) is 10.1. The summed E-state index contributed by atoms with van der Waals surface area (Å²) in [6.45, 7) is 9.25. The fraction of sp³-hybridized carbons (Fsp3) is 0.562. The Labute approximate surface area is 126 Å². The standard InChI is InChI=1S/C16H23N3O2/c1-13-3-4-15(21-2)14(11-13)17-16(20)12-19-8-5-18(6-9-19)7-10-19/h3-4,11H,5-10,12H2,1-2H3/p+1. The van der Waals surface area contributed by atoms with Gasteiger partial charge >= 0.3 is 0 Å². The van der Waals surface area contributed by atoms with Gasteiger partial charge < -0.3 is 14.5 Å². The summed E-state index contributed by atoms with van der Waals surface area (Å²) in [7, 11) is 1.63. The number of anilines is 1. The third kappa shape index (κ3) is 3.04. The van der Waals surface area contributed by atoms with Gasteiger partial charge in [0.1, 0.15) is 5.75 Å². The van der Waals surface area contributed by atoms with E-state index in [1.54, 1.807) is 7.11 Å². The molecule has 2 bridgehead atoms. The molecule has 0 aromatic heterocycles. The second-order valence-electron chi connectivity index (χ2n) is 6.26. The molecule has 3 fully saturated rings. The summed E-state index contributed by atoms with van der Waals surface area (Å²) in [6, 6.07) is 5.85. The van der Waals surface area contributed by atoms with Crippen LogP contribution in [0.3, 0.4) is 0 Å². The maximum Gasteiger partial charge on any atom is 0.279 e. The molecule has 114 valence electrons. The number of rotatable bonds is 4. The predicted molar refractivity (Wildman–Crippen MR) is 82.5 cm³/mol. The molecule has 0 radical (unpaired) electrons. The third-order valence-electron chi connectivity index (χ3n) is 4.78. The zero-order chi connectivity index (χ0) is 14.9. The number of amides is 1. The van der Waals surface area contributed by atoms with Gasteiger partial charge in [-0.2, -0.15) is 0 Å². The van der Waals surface area contributed by atoms with E-state index in [1.165, 1.54) is 0 Å². The topological polar surface area (TPSA) is 41.6 Å². The summed E-state index contributed by atoms with van der Waals surface area (Å²) >= 11 is 0. The van der Waals surface area contributed by atoms with Crippen molar-refractivity contribution in [3.63, 3.8) is 0 Å². The second-order valence-corrected chi connectivity index (χ2v) is 6.26. The average Bonchev–Trinajstić information content (AvgIpc) is 2.48. The van der Waals surface area contributed by atoms with E-state index >= 15 is 0 Å².